The molecule has 0 amide bonds. The second-order valence-electron chi connectivity index (χ2n) is 8.19. The van der Waals surface area contributed by atoms with Gasteiger partial charge in [0.15, 0.2) is 0 Å². The Labute approximate surface area is 233 Å². The average molecular weight is 658 g/mol. The van der Waals surface area contributed by atoms with E-state index >= 15 is 0 Å². The van der Waals surface area contributed by atoms with E-state index in [-0.39, 0.29) is 25.7 Å². The van der Waals surface area contributed by atoms with Crippen molar-refractivity contribution in [1.29, 1.82) is 0 Å². The quantitative estimate of drug-likeness (QED) is 0.144. The number of benzene rings is 3. The SMILES string of the molecule is [2H]C([2H])([2H])c1ccnc2c3[c-]cccc3n3cc(-c4ccccc4)nc3c12.[Ir].[c-]1ccccc1-c1ccccn1. The van der Waals surface area contributed by atoms with Gasteiger partial charge in [0.2, 0.25) is 0 Å². The Morgan fingerprint density at radius 1 is 0.757 bits per heavy atom. The van der Waals surface area contributed by atoms with E-state index in [1.54, 1.807) is 18.5 Å². The van der Waals surface area contributed by atoms with Crippen LogP contribution in [0, 0.1) is 19.0 Å². The fourth-order valence-electron chi connectivity index (χ4n) is 4.26. The zero-order chi connectivity index (χ0) is 26.8. The zero-order valence-electron chi connectivity index (χ0n) is 22.6. The van der Waals surface area contributed by atoms with E-state index in [9.17, 15) is 0 Å². The van der Waals surface area contributed by atoms with Crippen LogP contribution in [0.15, 0.2) is 116 Å². The minimum absolute atomic E-state index is 0. The molecule has 1 radical (unpaired) electrons. The van der Waals surface area contributed by atoms with Crippen molar-refractivity contribution in [1.82, 2.24) is 19.4 Å². The Morgan fingerprint density at radius 3 is 2.38 bits per heavy atom. The van der Waals surface area contributed by atoms with Crippen LogP contribution < -0.4 is 0 Å². The van der Waals surface area contributed by atoms with Crippen LogP contribution in [-0.2, 0) is 20.1 Å². The number of nitrogens with zero attached hydrogens (tertiary/aromatic N) is 4. The maximum absolute atomic E-state index is 7.97. The van der Waals surface area contributed by atoms with Crippen LogP contribution in [-0.4, -0.2) is 19.4 Å². The van der Waals surface area contributed by atoms with Crippen LogP contribution >= 0.6 is 0 Å². The zero-order valence-corrected chi connectivity index (χ0v) is 22.0. The predicted octanol–water partition coefficient (Wildman–Crippen LogP) is 7.36. The van der Waals surface area contributed by atoms with E-state index in [1.807, 2.05) is 102 Å². The third-order valence-electron chi connectivity index (χ3n) is 5.93. The van der Waals surface area contributed by atoms with Gasteiger partial charge in [0.25, 0.3) is 0 Å². The van der Waals surface area contributed by atoms with Crippen molar-refractivity contribution in [3.63, 3.8) is 0 Å². The molecule has 4 heterocycles. The van der Waals surface area contributed by atoms with Gasteiger partial charge in [-0.2, -0.15) is 0 Å². The van der Waals surface area contributed by atoms with E-state index in [4.69, 9.17) is 9.10 Å². The Balaban J connectivity index is 0.000000209. The summed E-state index contributed by atoms with van der Waals surface area (Å²) in [4.78, 5) is 13.5. The fraction of sp³-hybridized carbons (Fsp3) is 0.0312. The molecule has 3 aromatic carbocycles. The third kappa shape index (κ3) is 4.79. The molecule has 7 aromatic rings. The first-order valence-corrected chi connectivity index (χ1v) is 11.5. The van der Waals surface area contributed by atoms with Gasteiger partial charge in [-0.3, -0.25) is 0 Å². The van der Waals surface area contributed by atoms with E-state index in [2.05, 4.69) is 22.1 Å². The summed E-state index contributed by atoms with van der Waals surface area (Å²) in [6, 6.07) is 37.1. The Morgan fingerprint density at radius 2 is 1.59 bits per heavy atom. The van der Waals surface area contributed by atoms with Crippen LogP contribution in [0.3, 0.4) is 0 Å². The van der Waals surface area contributed by atoms with Gasteiger partial charge in [-0.25, -0.2) is 4.98 Å². The van der Waals surface area contributed by atoms with E-state index in [0.29, 0.717) is 16.6 Å². The molecule has 0 spiro atoms. The van der Waals surface area contributed by atoms with Crippen LogP contribution in [0.5, 0.6) is 0 Å². The summed E-state index contributed by atoms with van der Waals surface area (Å²) in [5.74, 6) is 0. The van der Waals surface area contributed by atoms with Crippen molar-refractivity contribution in [2.24, 2.45) is 0 Å². The normalized spacial score (nSPS) is 12.2. The minimum Gasteiger partial charge on any atom is -0.341 e. The molecule has 0 bridgehead atoms. The second kappa shape index (κ2) is 10.8. The predicted molar refractivity (Wildman–Crippen MR) is 146 cm³/mol. The van der Waals surface area contributed by atoms with Crippen molar-refractivity contribution in [3.8, 4) is 22.5 Å². The molecule has 4 aromatic heterocycles. The van der Waals surface area contributed by atoms with Crippen molar-refractivity contribution in [3.05, 3.63) is 133 Å². The summed E-state index contributed by atoms with van der Waals surface area (Å²) in [5, 5.41) is 1.33. The summed E-state index contributed by atoms with van der Waals surface area (Å²) in [5.41, 5.74) is 6.12. The van der Waals surface area contributed by atoms with Gasteiger partial charge < -0.3 is 14.4 Å². The molecule has 0 N–H and O–H groups in total. The third-order valence-corrected chi connectivity index (χ3v) is 5.93. The van der Waals surface area contributed by atoms with Gasteiger partial charge in [0.05, 0.1) is 5.69 Å². The number of rotatable bonds is 2. The summed E-state index contributed by atoms with van der Waals surface area (Å²) < 4.78 is 25.8. The number of aromatic nitrogens is 4. The largest absolute Gasteiger partial charge is 0.341 e. The molecule has 0 atom stereocenters. The number of fused-ring (bicyclic) bond motifs is 6. The van der Waals surface area contributed by atoms with E-state index < -0.39 is 6.85 Å². The maximum Gasteiger partial charge on any atom is 0.129 e. The van der Waals surface area contributed by atoms with E-state index in [1.165, 1.54) is 0 Å². The van der Waals surface area contributed by atoms with Gasteiger partial charge in [-0.15, -0.1) is 65.5 Å². The molecular weight excluding hydrogens is 633 g/mol. The van der Waals surface area contributed by atoms with Crippen molar-refractivity contribution < 1.29 is 24.2 Å². The van der Waals surface area contributed by atoms with Crippen molar-refractivity contribution in [2.75, 3.05) is 0 Å². The molecule has 37 heavy (non-hydrogen) atoms. The van der Waals surface area contributed by atoms with Crippen LogP contribution in [0.25, 0.3) is 50.0 Å². The maximum atomic E-state index is 7.97. The van der Waals surface area contributed by atoms with Crippen molar-refractivity contribution in [2.45, 2.75) is 6.85 Å². The Kier molecular flexibility index (Phi) is 6.14. The Hall–Kier alpha value is -4.18. The number of hydrogen-bond acceptors (Lipinski definition) is 3. The molecule has 0 aliphatic rings. The topological polar surface area (TPSA) is 43.1 Å². The minimum atomic E-state index is -2.26. The molecule has 0 saturated heterocycles. The van der Waals surface area contributed by atoms with Crippen LogP contribution in [0.2, 0.25) is 0 Å². The monoisotopic (exact) mass is 658 g/mol. The summed E-state index contributed by atoms with van der Waals surface area (Å²) in [6.45, 7) is -2.26. The van der Waals surface area contributed by atoms with Gasteiger partial charge in [0.1, 0.15) is 5.65 Å². The van der Waals surface area contributed by atoms with Gasteiger partial charge >= 0.3 is 0 Å². The number of imidazole rings is 1. The summed E-state index contributed by atoms with van der Waals surface area (Å²) in [7, 11) is 0. The molecule has 0 aliphatic carbocycles. The molecule has 0 aliphatic heterocycles. The first-order valence-electron chi connectivity index (χ1n) is 13.0. The molecular formula is C32H22IrN4-2. The molecule has 0 saturated carbocycles. The molecule has 0 unspecified atom stereocenters. The first-order chi connectivity index (χ1) is 19.0. The average Bonchev–Trinajstić information content (AvgIpc) is 3.44. The molecule has 0 fully saturated rings. The van der Waals surface area contributed by atoms with Gasteiger partial charge in [-0.1, -0.05) is 42.5 Å². The second-order valence-corrected chi connectivity index (χ2v) is 8.19. The standard InChI is InChI=1S/C21H14N3.C11H8N.Ir/c1-14-11-12-22-20-16-9-5-6-10-18(16)24-13-17(23-21(24)19(14)20)15-7-3-2-4-8-15;1-2-6-10(7-3-1)11-8-4-5-9-12-11;/h2-8,10-13H,1H3;1-6,8-9H;/q2*-1;/i1D3;;. The van der Waals surface area contributed by atoms with Crippen molar-refractivity contribution >= 4 is 27.5 Å². The van der Waals surface area contributed by atoms with Crippen LogP contribution in [0.1, 0.15) is 9.68 Å². The first kappa shape index (κ1) is 21.0. The number of aryl methyl sites for hydroxylation is 1. The van der Waals surface area contributed by atoms with Gasteiger partial charge in [0, 0.05) is 59.3 Å². The van der Waals surface area contributed by atoms with E-state index in [0.717, 1.165) is 33.4 Å². The molecule has 7 rings (SSSR count). The van der Waals surface area contributed by atoms with Gasteiger partial charge in [-0.05, 0) is 35.8 Å². The molecule has 181 valence electrons. The smallest absolute Gasteiger partial charge is 0.129 e. The number of hydrogen-bond donors (Lipinski definition) is 0. The molecule has 5 heteroatoms. The molecule has 4 nitrogen and oxygen atoms in total. The number of pyridine rings is 3. The van der Waals surface area contributed by atoms with Crippen LogP contribution in [0.4, 0.5) is 0 Å². The Bertz CT molecular complexity index is 1850. The summed E-state index contributed by atoms with van der Waals surface area (Å²) in [6.07, 6.45) is 5.27. The summed E-state index contributed by atoms with van der Waals surface area (Å²) >= 11 is 0. The fourth-order valence-corrected chi connectivity index (χ4v) is 4.26.